The van der Waals surface area contributed by atoms with Crippen LogP contribution >= 0.6 is 34.5 Å². The van der Waals surface area contributed by atoms with Crippen molar-refractivity contribution in [2.45, 2.75) is 0 Å². The Hall–Kier alpha value is -2.93. The van der Waals surface area contributed by atoms with Gasteiger partial charge in [0.15, 0.2) is 5.82 Å². The third-order valence-corrected chi connectivity index (χ3v) is 5.70. The van der Waals surface area contributed by atoms with Gasteiger partial charge in [-0.1, -0.05) is 58.8 Å². The maximum Gasteiger partial charge on any atom is 0.291 e. The van der Waals surface area contributed by atoms with Crippen molar-refractivity contribution in [3.05, 3.63) is 91.4 Å². The van der Waals surface area contributed by atoms with Gasteiger partial charge in [-0.3, -0.25) is 4.79 Å². The van der Waals surface area contributed by atoms with Gasteiger partial charge in [0.2, 0.25) is 4.96 Å². The number of hydrogen-bond donors (Lipinski definition) is 0. The van der Waals surface area contributed by atoms with Gasteiger partial charge in [0, 0.05) is 27.2 Å². The van der Waals surface area contributed by atoms with Crippen LogP contribution in [0.15, 0.2) is 69.9 Å². The monoisotopic (exact) mass is 439 g/mol. The highest BCUT2D eigenvalue weighted by Gasteiger charge is 2.13. The molecule has 3 heterocycles. The van der Waals surface area contributed by atoms with Crippen molar-refractivity contribution in [3.63, 3.8) is 0 Å². The molecule has 0 bridgehead atoms. The average molecular weight is 440 g/mol. The van der Waals surface area contributed by atoms with Gasteiger partial charge in [-0.2, -0.15) is 9.50 Å². The molecule has 0 spiro atoms. The van der Waals surface area contributed by atoms with Crippen molar-refractivity contribution in [3.8, 4) is 22.7 Å². The SMILES string of the molecule is O=c1/c(=C\c2ccc(-c3cccc(Cl)c3)o2)sc2nc(-c3cccc(Cl)c3)nn12. The van der Waals surface area contributed by atoms with Gasteiger partial charge in [-0.15, -0.1) is 5.10 Å². The normalized spacial score (nSPS) is 12.1. The highest BCUT2D eigenvalue weighted by Crippen LogP contribution is 2.25. The molecule has 0 aliphatic rings. The van der Waals surface area contributed by atoms with Gasteiger partial charge in [0.25, 0.3) is 5.56 Å². The molecule has 0 fully saturated rings. The van der Waals surface area contributed by atoms with E-state index >= 15 is 0 Å². The van der Waals surface area contributed by atoms with E-state index < -0.39 is 0 Å². The van der Waals surface area contributed by atoms with Crippen LogP contribution < -0.4 is 10.1 Å². The molecular formula is C21H11Cl2N3O2S. The topological polar surface area (TPSA) is 60.4 Å². The zero-order valence-corrected chi connectivity index (χ0v) is 17.0. The third-order valence-electron chi connectivity index (χ3n) is 4.27. The van der Waals surface area contributed by atoms with Crippen LogP contribution in [0.2, 0.25) is 10.0 Å². The lowest BCUT2D eigenvalue weighted by molar-refractivity contribution is 0.571. The molecule has 5 rings (SSSR count). The summed E-state index contributed by atoms with van der Waals surface area (Å²) in [6.07, 6.45) is 1.69. The lowest BCUT2D eigenvalue weighted by Gasteiger charge is -1.96. The zero-order valence-electron chi connectivity index (χ0n) is 14.7. The van der Waals surface area contributed by atoms with Crippen LogP contribution in [0, 0.1) is 0 Å². The second kappa shape index (κ2) is 7.15. The molecule has 2 aromatic carbocycles. The first-order valence-electron chi connectivity index (χ1n) is 8.60. The first kappa shape index (κ1) is 18.1. The summed E-state index contributed by atoms with van der Waals surface area (Å²) in [6.45, 7) is 0. The Morgan fingerprint density at radius 2 is 1.69 bits per heavy atom. The number of benzene rings is 2. The Bertz CT molecular complexity index is 1470. The number of aromatic nitrogens is 3. The predicted octanol–water partition coefficient (Wildman–Crippen LogP) is 4.93. The van der Waals surface area contributed by atoms with Gasteiger partial charge in [0.05, 0.1) is 0 Å². The first-order valence-corrected chi connectivity index (χ1v) is 10.2. The molecule has 29 heavy (non-hydrogen) atoms. The number of thiazole rings is 1. The van der Waals surface area contributed by atoms with Crippen molar-refractivity contribution >= 4 is 45.6 Å². The van der Waals surface area contributed by atoms with Gasteiger partial charge in [-0.25, -0.2) is 0 Å². The van der Waals surface area contributed by atoms with Crippen LogP contribution in [-0.4, -0.2) is 14.6 Å². The maximum atomic E-state index is 12.7. The van der Waals surface area contributed by atoms with E-state index in [0.29, 0.717) is 36.9 Å². The van der Waals surface area contributed by atoms with Crippen molar-refractivity contribution in [2.75, 3.05) is 0 Å². The zero-order chi connectivity index (χ0) is 20.0. The summed E-state index contributed by atoms with van der Waals surface area (Å²) in [4.78, 5) is 17.7. The molecule has 0 aliphatic heterocycles. The standard InChI is InChI=1S/C21H11Cl2N3O2S/c22-14-5-1-3-12(9-14)17-8-7-16(28-17)11-18-20(27)26-21(29-18)24-19(25-26)13-4-2-6-15(23)10-13/h1-11H/b18-11+. The molecule has 0 N–H and O–H groups in total. The highest BCUT2D eigenvalue weighted by molar-refractivity contribution is 7.15. The fourth-order valence-electron chi connectivity index (χ4n) is 2.94. The Morgan fingerprint density at radius 1 is 0.966 bits per heavy atom. The predicted molar refractivity (Wildman–Crippen MR) is 116 cm³/mol. The Morgan fingerprint density at radius 3 is 2.41 bits per heavy atom. The molecule has 0 saturated heterocycles. The molecule has 8 heteroatoms. The number of furan rings is 1. The average Bonchev–Trinajstić information content (AvgIpc) is 3.40. The van der Waals surface area contributed by atoms with E-state index in [4.69, 9.17) is 27.6 Å². The summed E-state index contributed by atoms with van der Waals surface area (Å²) in [7, 11) is 0. The lowest BCUT2D eigenvalue weighted by atomic mass is 10.2. The number of nitrogens with zero attached hydrogens (tertiary/aromatic N) is 3. The molecule has 0 unspecified atom stereocenters. The number of halogens is 2. The van der Waals surface area contributed by atoms with Gasteiger partial charge < -0.3 is 4.42 Å². The molecule has 0 saturated carbocycles. The third kappa shape index (κ3) is 3.46. The number of hydrogen-bond acceptors (Lipinski definition) is 5. The smallest absolute Gasteiger partial charge is 0.291 e. The molecule has 3 aromatic heterocycles. The van der Waals surface area contributed by atoms with E-state index in [2.05, 4.69) is 10.1 Å². The van der Waals surface area contributed by atoms with E-state index in [-0.39, 0.29) is 5.56 Å². The molecule has 5 nitrogen and oxygen atoms in total. The fraction of sp³-hybridized carbons (Fsp3) is 0. The minimum Gasteiger partial charge on any atom is -0.457 e. The summed E-state index contributed by atoms with van der Waals surface area (Å²) in [5, 5.41) is 5.55. The Labute approximate surface area is 178 Å². The first-order chi connectivity index (χ1) is 14.1. The summed E-state index contributed by atoms with van der Waals surface area (Å²) >= 11 is 13.3. The van der Waals surface area contributed by atoms with Crippen LogP contribution in [0.4, 0.5) is 0 Å². The van der Waals surface area contributed by atoms with Crippen LogP contribution in [0.3, 0.4) is 0 Å². The van der Waals surface area contributed by atoms with Crippen LogP contribution in [-0.2, 0) is 0 Å². The van der Waals surface area contributed by atoms with Gasteiger partial charge in [0.1, 0.15) is 16.1 Å². The second-order valence-corrected chi connectivity index (χ2v) is 8.15. The van der Waals surface area contributed by atoms with Crippen molar-refractivity contribution < 1.29 is 4.42 Å². The maximum absolute atomic E-state index is 12.7. The summed E-state index contributed by atoms with van der Waals surface area (Å²) < 4.78 is 7.64. The van der Waals surface area contributed by atoms with Gasteiger partial charge >= 0.3 is 0 Å². The van der Waals surface area contributed by atoms with Crippen LogP contribution in [0.25, 0.3) is 33.7 Å². The molecule has 142 valence electrons. The number of fused-ring (bicyclic) bond motifs is 1. The second-order valence-electron chi connectivity index (χ2n) is 6.27. The minimum absolute atomic E-state index is 0.244. The van der Waals surface area contributed by atoms with Crippen LogP contribution in [0.1, 0.15) is 5.76 Å². The van der Waals surface area contributed by atoms with E-state index in [0.717, 1.165) is 11.1 Å². The number of rotatable bonds is 3. The Balaban J connectivity index is 1.53. The van der Waals surface area contributed by atoms with Gasteiger partial charge in [-0.05, 0) is 36.4 Å². The molecule has 0 radical (unpaired) electrons. The molecule has 0 aliphatic carbocycles. The molecule has 0 amide bonds. The Kier molecular flexibility index (Phi) is 4.47. The van der Waals surface area contributed by atoms with E-state index in [9.17, 15) is 4.79 Å². The largest absolute Gasteiger partial charge is 0.457 e. The molecule has 5 aromatic rings. The van der Waals surface area contributed by atoms with Crippen molar-refractivity contribution in [2.24, 2.45) is 0 Å². The van der Waals surface area contributed by atoms with E-state index in [1.165, 1.54) is 15.9 Å². The van der Waals surface area contributed by atoms with Crippen molar-refractivity contribution in [1.82, 2.24) is 14.6 Å². The molecule has 0 atom stereocenters. The summed E-state index contributed by atoms with van der Waals surface area (Å²) in [6, 6.07) is 18.3. The highest BCUT2D eigenvalue weighted by atomic mass is 35.5. The quantitative estimate of drug-likeness (QED) is 0.399. The fourth-order valence-corrected chi connectivity index (χ4v) is 4.21. The van der Waals surface area contributed by atoms with E-state index in [1.807, 2.05) is 42.5 Å². The van der Waals surface area contributed by atoms with Crippen LogP contribution in [0.5, 0.6) is 0 Å². The van der Waals surface area contributed by atoms with Crippen molar-refractivity contribution in [1.29, 1.82) is 0 Å². The minimum atomic E-state index is -0.244. The lowest BCUT2D eigenvalue weighted by Crippen LogP contribution is -2.23. The molecular weight excluding hydrogens is 429 g/mol. The summed E-state index contributed by atoms with van der Waals surface area (Å²) in [5.74, 6) is 1.70. The van der Waals surface area contributed by atoms with E-state index in [1.54, 1.807) is 24.3 Å². The summed E-state index contributed by atoms with van der Waals surface area (Å²) in [5.41, 5.74) is 1.38.